The van der Waals surface area contributed by atoms with E-state index in [9.17, 15) is 9.59 Å². The molecule has 0 aliphatic carbocycles. The smallest absolute Gasteiger partial charge is 0.345 e. The molecule has 0 saturated heterocycles. The van der Waals surface area contributed by atoms with Crippen LogP contribution in [0.2, 0.25) is 10.0 Å². The number of halogens is 2. The highest BCUT2D eigenvalue weighted by molar-refractivity contribution is 6.36. The van der Waals surface area contributed by atoms with E-state index in [-0.39, 0.29) is 23.0 Å². The molecule has 5 nitrogen and oxygen atoms in total. The van der Waals surface area contributed by atoms with E-state index in [2.05, 4.69) is 16.1 Å². The van der Waals surface area contributed by atoms with Crippen molar-refractivity contribution in [1.82, 2.24) is 0 Å². The molecule has 1 aromatic carbocycles. The fourth-order valence-corrected chi connectivity index (χ4v) is 2.12. The summed E-state index contributed by atoms with van der Waals surface area (Å²) in [6.07, 6.45) is 2.77. The molecule has 0 aromatic heterocycles. The Morgan fingerprint density at radius 2 is 1.77 bits per heavy atom. The molecule has 0 N–H and O–H groups in total. The van der Waals surface area contributed by atoms with Gasteiger partial charge in [-0.3, -0.25) is 0 Å². The first kappa shape index (κ1) is 18.1. The predicted octanol–water partition coefficient (Wildman–Crippen LogP) is 3.29. The number of ether oxygens (including phenoxy) is 3. The Morgan fingerprint density at radius 3 is 2.27 bits per heavy atom. The fourth-order valence-electron chi connectivity index (χ4n) is 1.56. The molecular formula is C15H14Cl2O5. The van der Waals surface area contributed by atoms with E-state index in [1.807, 2.05) is 0 Å². The number of hydrogen-bond donors (Lipinski definition) is 0. The van der Waals surface area contributed by atoms with Crippen LogP contribution in [0.4, 0.5) is 0 Å². The average molecular weight is 345 g/mol. The van der Waals surface area contributed by atoms with Crippen molar-refractivity contribution in [3.63, 3.8) is 0 Å². The third-order valence-electron chi connectivity index (χ3n) is 2.49. The van der Waals surface area contributed by atoms with Crippen LogP contribution in [0.1, 0.15) is 5.56 Å². The maximum absolute atomic E-state index is 11.7. The standard InChI is InChI=1S/C15H14Cl2O5/c1-4-5-22-13-9(6-10(16)8-12(13)17)7-11(14(18)20-2)15(19)21-3/h4,6-8H,1,5H2,2-3H3. The zero-order valence-corrected chi connectivity index (χ0v) is 13.5. The quantitative estimate of drug-likeness (QED) is 0.260. The lowest BCUT2D eigenvalue weighted by atomic mass is 10.1. The monoisotopic (exact) mass is 344 g/mol. The molecule has 0 aliphatic heterocycles. The van der Waals surface area contributed by atoms with E-state index < -0.39 is 11.9 Å². The van der Waals surface area contributed by atoms with Crippen LogP contribution in [0.5, 0.6) is 5.75 Å². The van der Waals surface area contributed by atoms with Gasteiger partial charge >= 0.3 is 11.9 Å². The number of carbonyl (C=O) groups excluding carboxylic acids is 2. The van der Waals surface area contributed by atoms with Crippen LogP contribution in [0, 0.1) is 0 Å². The summed E-state index contributed by atoms with van der Waals surface area (Å²) in [5.74, 6) is -1.44. The Bertz CT molecular complexity index is 605. The molecule has 1 aromatic rings. The number of carbonyl (C=O) groups is 2. The van der Waals surface area contributed by atoms with Crippen molar-refractivity contribution in [1.29, 1.82) is 0 Å². The molecule has 0 atom stereocenters. The van der Waals surface area contributed by atoms with Crippen LogP contribution in [-0.4, -0.2) is 32.8 Å². The molecule has 0 bridgehead atoms. The van der Waals surface area contributed by atoms with Crippen LogP contribution < -0.4 is 4.74 Å². The summed E-state index contributed by atoms with van der Waals surface area (Å²) in [7, 11) is 2.30. The summed E-state index contributed by atoms with van der Waals surface area (Å²) < 4.78 is 14.6. The van der Waals surface area contributed by atoms with Crippen molar-refractivity contribution in [2.24, 2.45) is 0 Å². The number of rotatable bonds is 6. The molecule has 0 amide bonds. The van der Waals surface area contributed by atoms with E-state index in [1.54, 1.807) is 0 Å². The molecule has 1 rings (SSSR count). The third-order valence-corrected chi connectivity index (χ3v) is 2.99. The minimum atomic E-state index is -0.849. The Kier molecular flexibility index (Phi) is 6.95. The summed E-state index contributed by atoms with van der Waals surface area (Å²) in [6.45, 7) is 3.73. The van der Waals surface area contributed by atoms with Crippen molar-refractivity contribution in [3.05, 3.63) is 46.0 Å². The first-order valence-corrected chi connectivity index (χ1v) is 6.81. The predicted molar refractivity (Wildman–Crippen MR) is 84.2 cm³/mol. The van der Waals surface area contributed by atoms with Crippen LogP contribution >= 0.6 is 23.2 Å². The van der Waals surface area contributed by atoms with Gasteiger partial charge in [0.15, 0.2) is 0 Å². The van der Waals surface area contributed by atoms with Gasteiger partial charge in [0.25, 0.3) is 0 Å². The zero-order chi connectivity index (χ0) is 16.7. The van der Waals surface area contributed by atoms with E-state index >= 15 is 0 Å². The molecule has 0 fully saturated rings. The van der Waals surface area contributed by atoms with Crippen LogP contribution in [0.25, 0.3) is 6.08 Å². The SMILES string of the molecule is C=CCOc1c(Cl)cc(Cl)cc1C=C(C(=O)OC)C(=O)OC. The van der Waals surface area contributed by atoms with E-state index in [1.165, 1.54) is 24.3 Å². The summed E-state index contributed by atoms with van der Waals surface area (Å²) in [6, 6.07) is 2.98. The molecule has 0 aliphatic rings. The first-order valence-electron chi connectivity index (χ1n) is 6.05. The maximum Gasteiger partial charge on any atom is 0.345 e. The third kappa shape index (κ3) is 4.51. The molecular weight excluding hydrogens is 331 g/mol. The van der Waals surface area contributed by atoms with Gasteiger partial charge in [0.05, 0.1) is 19.2 Å². The lowest BCUT2D eigenvalue weighted by Crippen LogP contribution is -2.15. The number of benzene rings is 1. The van der Waals surface area contributed by atoms with Crippen molar-refractivity contribution in [2.45, 2.75) is 0 Å². The minimum absolute atomic E-state index is 0.188. The largest absolute Gasteiger partial charge is 0.487 e. The molecule has 0 saturated carbocycles. The van der Waals surface area contributed by atoms with Gasteiger partial charge in [-0.1, -0.05) is 35.9 Å². The zero-order valence-electron chi connectivity index (χ0n) is 12.0. The summed E-state index contributed by atoms with van der Waals surface area (Å²) in [4.78, 5) is 23.4. The highest BCUT2D eigenvalue weighted by atomic mass is 35.5. The Hall–Kier alpha value is -1.98. The number of hydrogen-bond acceptors (Lipinski definition) is 5. The second-order valence-corrected chi connectivity index (χ2v) is 4.79. The second kappa shape index (κ2) is 8.46. The Labute approximate surface area is 138 Å². The number of methoxy groups -OCH3 is 2. The summed E-state index contributed by atoms with van der Waals surface area (Å²) in [5.41, 5.74) is 0.0249. The highest BCUT2D eigenvalue weighted by Crippen LogP contribution is 2.34. The van der Waals surface area contributed by atoms with Crippen LogP contribution in [0.3, 0.4) is 0 Å². The first-order chi connectivity index (χ1) is 10.4. The van der Waals surface area contributed by atoms with Gasteiger partial charge in [-0.2, -0.15) is 0 Å². The Balaban J connectivity index is 3.43. The minimum Gasteiger partial charge on any atom is -0.487 e. The summed E-state index contributed by atoms with van der Waals surface area (Å²) >= 11 is 12.0. The van der Waals surface area contributed by atoms with Crippen molar-refractivity contribution >= 4 is 41.2 Å². The highest BCUT2D eigenvalue weighted by Gasteiger charge is 2.21. The van der Waals surface area contributed by atoms with Gasteiger partial charge in [-0.05, 0) is 18.2 Å². The average Bonchev–Trinajstić information content (AvgIpc) is 2.50. The van der Waals surface area contributed by atoms with E-state index in [4.69, 9.17) is 27.9 Å². The van der Waals surface area contributed by atoms with Crippen molar-refractivity contribution in [3.8, 4) is 5.75 Å². The van der Waals surface area contributed by atoms with Gasteiger partial charge in [0, 0.05) is 10.6 Å². The lowest BCUT2D eigenvalue weighted by Gasteiger charge is -2.11. The lowest BCUT2D eigenvalue weighted by molar-refractivity contribution is -0.143. The molecule has 0 unspecified atom stereocenters. The summed E-state index contributed by atoms with van der Waals surface area (Å²) in [5, 5.41) is 0.547. The van der Waals surface area contributed by atoms with Crippen molar-refractivity contribution < 1.29 is 23.8 Å². The second-order valence-electron chi connectivity index (χ2n) is 3.95. The molecule has 0 radical (unpaired) electrons. The topological polar surface area (TPSA) is 61.8 Å². The van der Waals surface area contributed by atoms with E-state index in [0.717, 1.165) is 14.2 Å². The van der Waals surface area contributed by atoms with Gasteiger partial charge in [-0.25, -0.2) is 9.59 Å². The Morgan fingerprint density at radius 1 is 1.18 bits per heavy atom. The fraction of sp³-hybridized carbons (Fsp3) is 0.200. The van der Waals surface area contributed by atoms with Crippen LogP contribution in [0.15, 0.2) is 30.4 Å². The number of esters is 2. The van der Waals surface area contributed by atoms with Gasteiger partial charge in [0.1, 0.15) is 17.9 Å². The van der Waals surface area contributed by atoms with E-state index in [0.29, 0.717) is 10.6 Å². The molecule has 7 heteroatoms. The van der Waals surface area contributed by atoms with Gasteiger partial charge < -0.3 is 14.2 Å². The molecule has 0 spiro atoms. The maximum atomic E-state index is 11.7. The van der Waals surface area contributed by atoms with Gasteiger partial charge in [-0.15, -0.1) is 0 Å². The van der Waals surface area contributed by atoms with Gasteiger partial charge in [0.2, 0.25) is 0 Å². The molecule has 0 heterocycles. The normalized spacial score (nSPS) is 9.64. The molecule has 118 valence electrons. The van der Waals surface area contributed by atoms with Crippen LogP contribution in [-0.2, 0) is 19.1 Å². The molecule has 22 heavy (non-hydrogen) atoms. The van der Waals surface area contributed by atoms with Crippen molar-refractivity contribution in [2.75, 3.05) is 20.8 Å².